The fourth-order valence-corrected chi connectivity index (χ4v) is 5.54. The van der Waals surface area contributed by atoms with Crippen molar-refractivity contribution in [2.75, 3.05) is 16.3 Å². The van der Waals surface area contributed by atoms with Gasteiger partial charge in [-0.2, -0.15) is 0 Å². The Morgan fingerprint density at radius 2 is 1.85 bits per heavy atom. The van der Waals surface area contributed by atoms with Gasteiger partial charge in [0.1, 0.15) is 5.57 Å². The smallest absolute Gasteiger partial charge is 0.270 e. The van der Waals surface area contributed by atoms with Crippen LogP contribution in [0.2, 0.25) is 0 Å². The molecule has 0 aromatic heterocycles. The van der Waals surface area contributed by atoms with E-state index in [9.17, 15) is 9.59 Å². The van der Waals surface area contributed by atoms with Crippen molar-refractivity contribution in [2.45, 2.75) is 58.9 Å². The molecule has 1 N–H and O–H groups in total. The highest BCUT2D eigenvalue weighted by Crippen LogP contribution is 2.43. The molecule has 6 heteroatoms. The number of hydrogen-bond donors (Lipinski definition) is 1. The van der Waals surface area contributed by atoms with Gasteiger partial charge in [-0.05, 0) is 92.7 Å². The maximum absolute atomic E-state index is 13.5. The zero-order valence-corrected chi connectivity index (χ0v) is 20.8. The summed E-state index contributed by atoms with van der Waals surface area (Å²) in [4.78, 5) is 30.1. The zero-order chi connectivity index (χ0) is 23.9. The molecule has 2 aromatic rings. The number of anilines is 2. The molecule has 0 unspecified atom stereocenters. The Morgan fingerprint density at radius 3 is 2.55 bits per heavy atom. The van der Waals surface area contributed by atoms with Crippen molar-refractivity contribution >= 4 is 46.6 Å². The van der Waals surface area contributed by atoms with Crippen LogP contribution in [0.25, 0.3) is 6.08 Å². The van der Waals surface area contributed by atoms with E-state index in [0.29, 0.717) is 11.6 Å². The van der Waals surface area contributed by atoms with Crippen molar-refractivity contribution in [2.24, 2.45) is 0 Å². The summed E-state index contributed by atoms with van der Waals surface area (Å²) in [5.41, 5.74) is 5.19. The molecule has 2 aromatic carbocycles. The topological polar surface area (TPSA) is 52.7 Å². The maximum atomic E-state index is 13.5. The van der Waals surface area contributed by atoms with Gasteiger partial charge in [-0.3, -0.25) is 19.8 Å². The number of carbonyl (C=O) groups excluding carboxylic acids is 2. The third-order valence-electron chi connectivity index (χ3n) is 6.75. The lowest BCUT2D eigenvalue weighted by Crippen LogP contribution is -2.54. The summed E-state index contributed by atoms with van der Waals surface area (Å²) in [7, 11) is 0. The number of fused-ring (bicyclic) bond motifs is 1. The number of carbonyl (C=O) groups is 2. The van der Waals surface area contributed by atoms with Crippen LogP contribution in [0.5, 0.6) is 0 Å². The van der Waals surface area contributed by atoms with Gasteiger partial charge in [0, 0.05) is 17.8 Å². The van der Waals surface area contributed by atoms with E-state index in [1.807, 2.05) is 37.3 Å². The molecule has 5 nitrogen and oxygen atoms in total. The first-order valence-electron chi connectivity index (χ1n) is 11.6. The van der Waals surface area contributed by atoms with Gasteiger partial charge < -0.3 is 4.90 Å². The molecule has 2 aliphatic rings. The van der Waals surface area contributed by atoms with Crippen LogP contribution in [-0.4, -0.2) is 29.0 Å². The Labute approximate surface area is 201 Å². The van der Waals surface area contributed by atoms with E-state index in [4.69, 9.17) is 12.2 Å². The average molecular weight is 462 g/mol. The van der Waals surface area contributed by atoms with Gasteiger partial charge in [0.25, 0.3) is 11.8 Å². The van der Waals surface area contributed by atoms with Crippen molar-refractivity contribution in [3.8, 4) is 0 Å². The monoisotopic (exact) mass is 461 g/mol. The minimum Gasteiger partial charge on any atom is -0.366 e. The van der Waals surface area contributed by atoms with E-state index in [2.05, 4.69) is 50.0 Å². The molecule has 172 valence electrons. The molecule has 33 heavy (non-hydrogen) atoms. The number of nitrogens with zero attached hydrogens (tertiary/aromatic N) is 2. The second kappa shape index (κ2) is 8.75. The van der Waals surface area contributed by atoms with Gasteiger partial charge in [-0.25, -0.2) is 0 Å². The lowest BCUT2D eigenvalue weighted by molar-refractivity contribution is -0.122. The Morgan fingerprint density at radius 1 is 1.12 bits per heavy atom. The highest BCUT2D eigenvalue weighted by atomic mass is 32.1. The molecule has 2 aliphatic heterocycles. The van der Waals surface area contributed by atoms with E-state index in [0.717, 1.165) is 30.5 Å². The summed E-state index contributed by atoms with van der Waals surface area (Å²) in [5.74, 6) is -0.475. The maximum Gasteiger partial charge on any atom is 0.270 e. The largest absolute Gasteiger partial charge is 0.366 e. The van der Waals surface area contributed by atoms with Crippen molar-refractivity contribution in [3.05, 3.63) is 64.7 Å². The Kier molecular flexibility index (Phi) is 6.14. The summed E-state index contributed by atoms with van der Waals surface area (Å²) in [6.45, 7) is 11.9. The Bertz CT molecular complexity index is 1170. The fraction of sp³-hybridized carbons (Fsp3) is 0.370. The summed E-state index contributed by atoms with van der Waals surface area (Å²) in [5, 5.41) is 2.81. The highest BCUT2D eigenvalue weighted by molar-refractivity contribution is 7.80. The molecular formula is C27H31N3O2S. The van der Waals surface area contributed by atoms with Crippen LogP contribution in [0, 0.1) is 0 Å². The van der Waals surface area contributed by atoms with Crippen LogP contribution in [0.3, 0.4) is 0 Å². The first-order valence-corrected chi connectivity index (χ1v) is 12.0. The quantitative estimate of drug-likeness (QED) is 0.387. The van der Waals surface area contributed by atoms with Gasteiger partial charge in [0.15, 0.2) is 5.11 Å². The predicted molar refractivity (Wildman–Crippen MR) is 139 cm³/mol. The number of benzene rings is 2. The summed E-state index contributed by atoms with van der Waals surface area (Å²) < 4.78 is 0. The van der Waals surface area contributed by atoms with E-state index in [1.165, 1.54) is 16.2 Å². The number of rotatable bonds is 4. The van der Waals surface area contributed by atoms with Crippen LogP contribution in [-0.2, 0) is 16.0 Å². The second-order valence-corrected chi connectivity index (χ2v) is 9.81. The lowest BCUT2D eigenvalue weighted by Gasteiger charge is -2.47. The molecule has 4 rings (SSSR count). The number of amides is 2. The highest BCUT2D eigenvalue weighted by Gasteiger charge is 2.37. The van der Waals surface area contributed by atoms with Crippen LogP contribution in [0.15, 0.2) is 48.0 Å². The molecule has 0 radical (unpaired) electrons. The van der Waals surface area contributed by atoms with Gasteiger partial charge >= 0.3 is 0 Å². The third-order valence-corrected chi connectivity index (χ3v) is 7.04. The minimum absolute atomic E-state index is 0.0865. The molecule has 1 saturated heterocycles. The normalized spacial score (nSPS) is 21.3. The third kappa shape index (κ3) is 4.08. The van der Waals surface area contributed by atoms with Crippen molar-refractivity contribution in [3.63, 3.8) is 0 Å². The van der Waals surface area contributed by atoms with Gasteiger partial charge in [0.05, 0.1) is 5.69 Å². The van der Waals surface area contributed by atoms with Crippen LogP contribution < -0.4 is 15.1 Å². The second-order valence-electron chi connectivity index (χ2n) is 9.42. The number of thiocarbonyl (C=S) groups is 1. The molecular weight excluding hydrogens is 430 g/mol. The SMILES string of the molecule is CCc1ccccc1N1C(=O)/C(=C/c2ccc3c(c2)[C@H](C)CC(C)(C)N3CC)C(=O)NC1=S. The molecule has 1 fully saturated rings. The first-order chi connectivity index (χ1) is 15.7. The van der Waals surface area contributed by atoms with Crippen LogP contribution >= 0.6 is 12.2 Å². The van der Waals surface area contributed by atoms with E-state index < -0.39 is 11.8 Å². The molecule has 0 spiro atoms. The molecule has 0 bridgehead atoms. The van der Waals surface area contributed by atoms with Crippen molar-refractivity contribution in [1.82, 2.24) is 5.32 Å². The van der Waals surface area contributed by atoms with Crippen LogP contribution in [0.1, 0.15) is 63.6 Å². The zero-order valence-electron chi connectivity index (χ0n) is 19.9. The summed E-state index contributed by atoms with van der Waals surface area (Å²) in [6, 6.07) is 13.8. The van der Waals surface area contributed by atoms with Crippen molar-refractivity contribution < 1.29 is 9.59 Å². The number of hydrogen-bond acceptors (Lipinski definition) is 4. The fourth-order valence-electron chi connectivity index (χ4n) is 5.27. The Hall–Kier alpha value is -2.99. The molecule has 1 atom stereocenters. The standard InChI is InChI=1S/C27H31N3O2S/c1-6-19-10-8-9-11-22(19)30-25(32)21(24(31)28-26(30)33)15-18-12-13-23-20(14-18)17(3)16-27(4,5)29(23)7-2/h8-15,17H,6-7,16H2,1-5H3,(H,28,31,33)/b21-15+/t17-/m1/s1. The Balaban J connectivity index is 1.74. The first kappa shape index (κ1) is 23.2. The summed E-state index contributed by atoms with van der Waals surface area (Å²) in [6.07, 6.45) is 3.48. The van der Waals surface area contributed by atoms with Crippen LogP contribution in [0.4, 0.5) is 11.4 Å². The predicted octanol–water partition coefficient (Wildman–Crippen LogP) is 5.19. The number of aryl methyl sites for hydroxylation is 1. The molecule has 0 saturated carbocycles. The van der Waals surface area contributed by atoms with E-state index in [-0.39, 0.29) is 16.2 Å². The number of para-hydroxylation sites is 1. The lowest BCUT2D eigenvalue weighted by atomic mass is 9.79. The van der Waals surface area contributed by atoms with Gasteiger partial charge in [0.2, 0.25) is 0 Å². The van der Waals surface area contributed by atoms with Crippen molar-refractivity contribution in [1.29, 1.82) is 0 Å². The van der Waals surface area contributed by atoms with E-state index >= 15 is 0 Å². The average Bonchev–Trinajstić information content (AvgIpc) is 2.77. The molecule has 0 aliphatic carbocycles. The minimum atomic E-state index is -0.461. The van der Waals surface area contributed by atoms with Gasteiger partial charge in [-0.1, -0.05) is 38.1 Å². The van der Waals surface area contributed by atoms with Gasteiger partial charge in [-0.15, -0.1) is 0 Å². The summed E-state index contributed by atoms with van der Waals surface area (Å²) >= 11 is 5.37. The number of nitrogens with one attached hydrogen (secondary N) is 1. The molecule has 2 amide bonds. The van der Waals surface area contributed by atoms with E-state index in [1.54, 1.807) is 6.08 Å². The molecule has 2 heterocycles.